The van der Waals surface area contributed by atoms with Crippen LogP contribution >= 0.6 is 11.3 Å². The maximum atomic E-state index is 5.84. The molecule has 1 aromatic rings. The first-order valence-corrected chi connectivity index (χ1v) is 8.15. The highest BCUT2D eigenvalue weighted by Crippen LogP contribution is 2.28. The van der Waals surface area contributed by atoms with Gasteiger partial charge in [0.05, 0.1) is 5.69 Å². The average Bonchev–Trinajstić information content (AvgIpc) is 2.83. The SMILES string of the molecule is CCCc1nc(N2CCN(C)C(CC)C2)sc1CN. The molecule has 19 heavy (non-hydrogen) atoms. The Hall–Kier alpha value is -0.650. The largest absolute Gasteiger partial charge is 0.345 e. The first kappa shape index (κ1) is 14.8. The van der Waals surface area contributed by atoms with E-state index in [-0.39, 0.29) is 0 Å². The first-order valence-electron chi connectivity index (χ1n) is 7.33. The molecule has 2 N–H and O–H groups in total. The lowest BCUT2D eigenvalue weighted by Crippen LogP contribution is -2.51. The second-order valence-electron chi connectivity index (χ2n) is 5.31. The van der Waals surface area contributed by atoms with Crippen LogP contribution in [0.3, 0.4) is 0 Å². The molecule has 0 aromatic carbocycles. The monoisotopic (exact) mass is 282 g/mol. The van der Waals surface area contributed by atoms with Crippen molar-refractivity contribution < 1.29 is 0 Å². The molecule has 1 fully saturated rings. The van der Waals surface area contributed by atoms with Crippen molar-refractivity contribution in [1.82, 2.24) is 9.88 Å². The van der Waals surface area contributed by atoms with Crippen molar-refractivity contribution >= 4 is 16.5 Å². The Morgan fingerprint density at radius 2 is 2.16 bits per heavy atom. The van der Waals surface area contributed by atoms with Gasteiger partial charge in [0.1, 0.15) is 0 Å². The van der Waals surface area contributed by atoms with Crippen molar-refractivity contribution in [3.05, 3.63) is 10.6 Å². The van der Waals surface area contributed by atoms with Gasteiger partial charge in [-0.1, -0.05) is 20.3 Å². The molecular formula is C14H26N4S. The Bertz CT molecular complexity index is 404. The number of likely N-dealkylation sites (N-methyl/N-ethyl adjacent to an activating group) is 1. The minimum atomic E-state index is 0.623. The third kappa shape index (κ3) is 3.27. The first-order chi connectivity index (χ1) is 9.19. The normalized spacial score (nSPS) is 21.1. The second-order valence-corrected chi connectivity index (χ2v) is 6.37. The smallest absolute Gasteiger partial charge is 0.185 e. The maximum Gasteiger partial charge on any atom is 0.185 e. The zero-order chi connectivity index (χ0) is 13.8. The third-order valence-corrected chi connectivity index (χ3v) is 5.14. The van der Waals surface area contributed by atoms with Gasteiger partial charge >= 0.3 is 0 Å². The van der Waals surface area contributed by atoms with Gasteiger partial charge in [-0.15, -0.1) is 11.3 Å². The van der Waals surface area contributed by atoms with Crippen molar-refractivity contribution in [3.63, 3.8) is 0 Å². The summed E-state index contributed by atoms with van der Waals surface area (Å²) in [4.78, 5) is 11.0. The number of piperazine rings is 1. The van der Waals surface area contributed by atoms with E-state index < -0.39 is 0 Å². The standard InChI is InChI=1S/C14H26N4S/c1-4-6-12-13(9-15)19-14(16-12)18-8-7-17(3)11(5-2)10-18/h11H,4-10,15H2,1-3H3. The van der Waals surface area contributed by atoms with E-state index in [0.717, 1.165) is 32.5 Å². The van der Waals surface area contributed by atoms with Crippen molar-refractivity contribution in [2.75, 3.05) is 31.6 Å². The Kier molecular flexibility index (Phi) is 5.19. The zero-order valence-electron chi connectivity index (χ0n) is 12.4. The van der Waals surface area contributed by atoms with Gasteiger partial charge in [-0.05, 0) is 19.9 Å². The Morgan fingerprint density at radius 1 is 1.37 bits per heavy atom. The summed E-state index contributed by atoms with van der Waals surface area (Å²) < 4.78 is 0. The van der Waals surface area contributed by atoms with E-state index in [2.05, 4.69) is 30.7 Å². The molecule has 0 bridgehead atoms. The molecule has 0 amide bonds. The predicted molar refractivity (Wildman–Crippen MR) is 82.9 cm³/mol. The molecule has 108 valence electrons. The molecule has 1 aliphatic rings. The van der Waals surface area contributed by atoms with Crippen LogP contribution in [-0.2, 0) is 13.0 Å². The summed E-state index contributed by atoms with van der Waals surface area (Å²) in [6, 6.07) is 0.647. The number of thiazole rings is 1. The van der Waals surface area contributed by atoms with Crippen LogP contribution in [0.15, 0.2) is 0 Å². The average molecular weight is 282 g/mol. The van der Waals surface area contributed by atoms with Crippen LogP contribution in [0.4, 0.5) is 5.13 Å². The van der Waals surface area contributed by atoms with Gasteiger partial charge in [0, 0.05) is 37.1 Å². The molecule has 1 saturated heterocycles. The molecule has 4 nitrogen and oxygen atoms in total. The topological polar surface area (TPSA) is 45.4 Å². The van der Waals surface area contributed by atoms with Crippen molar-refractivity contribution in [2.45, 2.75) is 45.7 Å². The fourth-order valence-corrected chi connectivity index (χ4v) is 3.68. The Balaban J connectivity index is 2.13. The third-order valence-electron chi connectivity index (χ3n) is 3.96. The molecule has 0 saturated carbocycles. The van der Waals surface area contributed by atoms with Crippen molar-refractivity contribution in [3.8, 4) is 0 Å². The Morgan fingerprint density at radius 3 is 2.79 bits per heavy atom. The van der Waals surface area contributed by atoms with Gasteiger partial charge in [-0.3, -0.25) is 4.90 Å². The van der Waals surface area contributed by atoms with Gasteiger partial charge < -0.3 is 10.6 Å². The molecule has 1 aliphatic heterocycles. The number of anilines is 1. The van der Waals surface area contributed by atoms with E-state index in [4.69, 9.17) is 10.7 Å². The number of aromatic nitrogens is 1. The molecule has 1 unspecified atom stereocenters. The van der Waals surface area contributed by atoms with Crippen LogP contribution in [0.2, 0.25) is 0 Å². The van der Waals surface area contributed by atoms with Crippen LogP contribution in [0, 0.1) is 0 Å². The molecule has 2 heterocycles. The minimum Gasteiger partial charge on any atom is -0.345 e. The number of hydrogen-bond donors (Lipinski definition) is 1. The lowest BCUT2D eigenvalue weighted by molar-refractivity contribution is 0.213. The zero-order valence-corrected chi connectivity index (χ0v) is 13.2. The number of aryl methyl sites for hydroxylation is 1. The number of nitrogens with zero attached hydrogens (tertiary/aromatic N) is 3. The number of hydrogen-bond acceptors (Lipinski definition) is 5. The highest BCUT2D eigenvalue weighted by Gasteiger charge is 2.25. The minimum absolute atomic E-state index is 0.623. The van der Waals surface area contributed by atoms with Crippen molar-refractivity contribution in [1.29, 1.82) is 0 Å². The maximum absolute atomic E-state index is 5.84. The molecule has 0 spiro atoms. The van der Waals surface area contributed by atoms with Crippen LogP contribution in [-0.4, -0.2) is 42.6 Å². The Labute approximate surface area is 120 Å². The summed E-state index contributed by atoms with van der Waals surface area (Å²) >= 11 is 1.79. The molecule has 0 aliphatic carbocycles. The number of nitrogens with two attached hydrogens (primary N) is 1. The van der Waals surface area contributed by atoms with Gasteiger partial charge in [0.2, 0.25) is 0 Å². The molecule has 1 aromatic heterocycles. The van der Waals surface area contributed by atoms with Gasteiger partial charge in [-0.25, -0.2) is 4.98 Å². The van der Waals surface area contributed by atoms with E-state index in [1.165, 1.54) is 22.1 Å². The predicted octanol–water partition coefficient (Wildman–Crippen LogP) is 2.08. The van der Waals surface area contributed by atoms with Crippen LogP contribution in [0.5, 0.6) is 0 Å². The van der Waals surface area contributed by atoms with E-state index >= 15 is 0 Å². The van der Waals surface area contributed by atoms with E-state index in [1.807, 2.05) is 0 Å². The summed E-state index contributed by atoms with van der Waals surface area (Å²) in [6.07, 6.45) is 3.38. The summed E-state index contributed by atoms with van der Waals surface area (Å²) in [5.41, 5.74) is 7.06. The molecule has 1 atom stereocenters. The van der Waals surface area contributed by atoms with E-state index in [1.54, 1.807) is 11.3 Å². The van der Waals surface area contributed by atoms with Crippen LogP contribution in [0.1, 0.15) is 37.3 Å². The van der Waals surface area contributed by atoms with Crippen molar-refractivity contribution in [2.24, 2.45) is 5.73 Å². The van der Waals surface area contributed by atoms with Gasteiger partial charge in [0.15, 0.2) is 5.13 Å². The summed E-state index contributed by atoms with van der Waals surface area (Å²) in [5, 5.41) is 1.18. The molecule has 2 rings (SSSR count). The van der Waals surface area contributed by atoms with E-state index in [0.29, 0.717) is 12.6 Å². The fraction of sp³-hybridized carbons (Fsp3) is 0.786. The summed E-state index contributed by atoms with van der Waals surface area (Å²) in [5.74, 6) is 0. The lowest BCUT2D eigenvalue weighted by atomic mass is 10.1. The molecule has 5 heteroatoms. The molecule has 0 radical (unpaired) electrons. The fourth-order valence-electron chi connectivity index (χ4n) is 2.66. The van der Waals surface area contributed by atoms with E-state index in [9.17, 15) is 0 Å². The quantitative estimate of drug-likeness (QED) is 0.898. The summed E-state index contributed by atoms with van der Waals surface area (Å²) in [7, 11) is 2.22. The molecular weight excluding hydrogens is 256 g/mol. The highest BCUT2D eigenvalue weighted by molar-refractivity contribution is 7.15. The summed E-state index contributed by atoms with van der Waals surface area (Å²) in [6.45, 7) is 8.38. The number of rotatable bonds is 5. The van der Waals surface area contributed by atoms with Gasteiger partial charge in [0.25, 0.3) is 0 Å². The lowest BCUT2D eigenvalue weighted by Gasteiger charge is -2.39. The van der Waals surface area contributed by atoms with Crippen LogP contribution < -0.4 is 10.6 Å². The van der Waals surface area contributed by atoms with Gasteiger partial charge in [-0.2, -0.15) is 0 Å². The second kappa shape index (κ2) is 6.68. The highest BCUT2D eigenvalue weighted by atomic mass is 32.1. The van der Waals surface area contributed by atoms with Crippen LogP contribution in [0.25, 0.3) is 0 Å².